The quantitative estimate of drug-likeness (QED) is 0.0181. The Morgan fingerprint density at radius 3 is 1.85 bits per heavy atom. The summed E-state index contributed by atoms with van der Waals surface area (Å²) >= 11 is 0. The fourth-order valence-electron chi connectivity index (χ4n) is 7.18. The number of guanidine groups is 1. The number of carbonyl (C=O) groups excluding carboxylic acids is 7. The lowest BCUT2D eigenvalue weighted by molar-refractivity contribution is -0.140. The van der Waals surface area contributed by atoms with Crippen LogP contribution in [0.1, 0.15) is 77.3 Å². The minimum Gasteiger partial charge on any atom is -0.481 e. The van der Waals surface area contributed by atoms with Crippen molar-refractivity contribution >= 4 is 70.5 Å². The maximum absolute atomic E-state index is 14.4. The van der Waals surface area contributed by atoms with Crippen molar-refractivity contribution in [2.75, 3.05) is 6.54 Å². The van der Waals surface area contributed by atoms with Crippen molar-refractivity contribution in [1.82, 2.24) is 36.9 Å². The van der Waals surface area contributed by atoms with Crippen LogP contribution < -0.4 is 49.1 Å². The molecule has 1 heterocycles. The van der Waals surface area contributed by atoms with Crippen LogP contribution in [0.15, 0.2) is 65.8 Å². The molecule has 3 aromatic rings. The highest BCUT2D eigenvalue weighted by Crippen LogP contribution is 2.20. The highest BCUT2D eigenvalue weighted by molar-refractivity contribution is 5.97. The van der Waals surface area contributed by atoms with E-state index in [0.29, 0.717) is 11.8 Å². The molecule has 0 fully saturated rings. The summed E-state index contributed by atoms with van der Waals surface area (Å²) < 4.78 is 0. The molecule has 0 saturated carbocycles. The maximum Gasteiger partial charge on any atom is 0.305 e. The molecule has 0 aliphatic rings. The van der Waals surface area contributed by atoms with Crippen molar-refractivity contribution in [3.63, 3.8) is 0 Å². The second-order valence-corrected chi connectivity index (χ2v) is 17.2. The van der Waals surface area contributed by atoms with Crippen molar-refractivity contribution in [3.8, 4) is 0 Å². The molecular formula is C46H65N11O11. The van der Waals surface area contributed by atoms with Gasteiger partial charge in [-0.15, -0.1) is 0 Å². The number of aldehydes is 1. The standard InChI is InChI=1S/C46H65N11O11/c1-25(2)19-35(55-42(65)34(16-17-37(59)60)53-40(63)31(47)22-38(61)62)43(66)54-33(15-10-18-50-46(48)49)41(64)56-36(21-28-23-51-32-14-9-8-13-30(28)32)44(67)57-39(26(3)4)45(68)52-29(24-58)20-27-11-6-5-7-12-27/h5-9,11-14,23-26,29,31,33-36,39,51H,10,15-22,47H2,1-4H3,(H,52,68)(H,53,63)(H,54,66)(H,55,65)(H,56,64)(H,57,67)(H,59,60)(H,61,62)(H4,48,49,50)/t29-,31-,33-,34-,35-,36-,39-/m0/s1. The number of rotatable bonds is 29. The number of aliphatic carboxylic acids is 2. The number of hydrogen-bond acceptors (Lipinski definition) is 11. The predicted octanol–water partition coefficient (Wildman–Crippen LogP) is -0.517. The Labute approximate surface area is 393 Å². The Balaban J connectivity index is 1.95. The summed E-state index contributed by atoms with van der Waals surface area (Å²) in [5.74, 6) is -8.72. The molecule has 22 nitrogen and oxygen atoms in total. The minimum absolute atomic E-state index is 0.00139. The van der Waals surface area contributed by atoms with Gasteiger partial charge in [0.25, 0.3) is 0 Å². The van der Waals surface area contributed by atoms with E-state index in [1.165, 1.54) is 0 Å². The molecule has 7 atom stereocenters. The van der Waals surface area contributed by atoms with Crippen LogP contribution >= 0.6 is 0 Å². The van der Waals surface area contributed by atoms with Gasteiger partial charge in [0, 0.05) is 36.5 Å². The van der Waals surface area contributed by atoms with E-state index < -0.39 is 115 Å². The number of amides is 6. The number of H-pyrrole nitrogens is 1. The molecule has 3 rings (SSSR count). The average Bonchev–Trinajstić information content (AvgIpc) is 3.68. The summed E-state index contributed by atoms with van der Waals surface area (Å²) in [6.45, 7) is 6.95. The van der Waals surface area contributed by atoms with Crippen molar-refractivity contribution in [2.45, 2.75) is 121 Å². The van der Waals surface area contributed by atoms with Crippen LogP contribution in [0.4, 0.5) is 0 Å². The Hall–Kier alpha value is -7.36. The molecule has 0 saturated heterocycles. The molecule has 0 unspecified atom stereocenters. The van der Waals surface area contributed by atoms with Gasteiger partial charge in [-0.1, -0.05) is 76.2 Å². The molecule has 0 spiro atoms. The fourth-order valence-corrected chi connectivity index (χ4v) is 7.18. The third kappa shape index (κ3) is 18.5. The molecule has 0 aliphatic carbocycles. The third-order valence-electron chi connectivity index (χ3n) is 10.7. The lowest BCUT2D eigenvalue weighted by atomic mass is 9.99. The monoisotopic (exact) mass is 947 g/mol. The molecule has 15 N–H and O–H groups in total. The van der Waals surface area contributed by atoms with E-state index in [1.807, 2.05) is 36.4 Å². The average molecular weight is 948 g/mol. The molecule has 0 aliphatic heterocycles. The number of carbonyl (C=O) groups is 9. The van der Waals surface area contributed by atoms with Gasteiger partial charge in [0.05, 0.1) is 18.5 Å². The molecule has 0 radical (unpaired) electrons. The lowest BCUT2D eigenvalue weighted by Gasteiger charge is -2.29. The van der Waals surface area contributed by atoms with Crippen LogP contribution in [0.3, 0.4) is 0 Å². The number of benzene rings is 2. The maximum atomic E-state index is 14.4. The van der Waals surface area contributed by atoms with E-state index >= 15 is 0 Å². The molecule has 0 bridgehead atoms. The molecule has 2 aromatic carbocycles. The number of aromatic amines is 1. The number of carboxylic acid groups (broad SMARTS) is 2. The van der Waals surface area contributed by atoms with Crippen LogP contribution in [0.2, 0.25) is 0 Å². The third-order valence-corrected chi connectivity index (χ3v) is 10.7. The number of nitrogens with zero attached hydrogens (tertiary/aromatic N) is 1. The van der Waals surface area contributed by atoms with Gasteiger partial charge in [-0.25, -0.2) is 0 Å². The van der Waals surface area contributed by atoms with E-state index in [0.717, 1.165) is 16.5 Å². The van der Waals surface area contributed by atoms with Crippen LogP contribution in [-0.2, 0) is 56.0 Å². The first-order valence-corrected chi connectivity index (χ1v) is 22.3. The number of aromatic nitrogens is 1. The van der Waals surface area contributed by atoms with Gasteiger partial charge < -0.3 is 69.1 Å². The molecule has 22 heteroatoms. The number of nitrogens with one attached hydrogen (secondary N) is 7. The van der Waals surface area contributed by atoms with Crippen LogP contribution in [0, 0.1) is 11.8 Å². The molecule has 6 amide bonds. The summed E-state index contributed by atoms with van der Waals surface area (Å²) in [5.41, 5.74) is 18.9. The predicted molar refractivity (Wildman–Crippen MR) is 251 cm³/mol. The lowest BCUT2D eigenvalue weighted by Crippen LogP contribution is -2.60. The number of fused-ring (bicyclic) bond motifs is 1. The highest BCUT2D eigenvalue weighted by Gasteiger charge is 2.35. The van der Waals surface area contributed by atoms with E-state index in [1.54, 1.807) is 52.1 Å². The zero-order valence-corrected chi connectivity index (χ0v) is 38.7. The normalized spacial score (nSPS) is 14.2. The van der Waals surface area contributed by atoms with Crippen LogP contribution in [-0.4, -0.2) is 124 Å². The number of para-hydroxylation sites is 1. The van der Waals surface area contributed by atoms with Crippen LogP contribution in [0.25, 0.3) is 10.9 Å². The summed E-state index contributed by atoms with van der Waals surface area (Å²) in [6, 6.07) is 7.05. The Bertz CT molecular complexity index is 2250. The second-order valence-electron chi connectivity index (χ2n) is 17.2. The van der Waals surface area contributed by atoms with Crippen molar-refractivity contribution in [1.29, 1.82) is 0 Å². The first-order valence-electron chi connectivity index (χ1n) is 22.3. The van der Waals surface area contributed by atoms with Gasteiger partial charge in [0.15, 0.2) is 5.96 Å². The Morgan fingerprint density at radius 2 is 1.25 bits per heavy atom. The molecular weight excluding hydrogens is 883 g/mol. The summed E-state index contributed by atoms with van der Waals surface area (Å²) in [5, 5.41) is 34.9. The Kier molecular flexibility index (Phi) is 22.1. The van der Waals surface area contributed by atoms with Gasteiger partial charge in [-0.3, -0.25) is 43.3 Å². The molecule has 1 aromatic heterocycles. The first-order chi connectivity index (χ1) is 32.2. The number of aliphatic imine (C=N–C) groups is 1. The van der Waals surface area contributed by atoms with E-state index in [9.17, 15) is 48.3 Å². The Morgan fingerprint density at radius 1 is 0.676 bits per heavy atom. The van der Waals surface area contributed by atoms with Crippen molar-refractivity contribution in [2.24, 2.45) is 34.0 Å². The van der Waals surface area contributed by atoms with Crippen molar-refractivity contribution < 1.29 is 53.4 Å². The number of carboxylic acids is 2. The van der Waals surface area contributed by atoms with E-state index in [2.05, 4.69) is 41.9 Å². The molecule has 370 valence electrons. The zero-order chi connectivity index (χ0) is 50.5. The van der Waals surface area contributed by atoms with Gasteiger partial charge in [-0.2, -0.15) is 0 Å². The zero-order valence-electron chi connectivity index (χ0n) is 38.7. The van der Waals surface area contributed by atoms with E-state index in [4.69, 9.17) is 22.3 Å². The van der Waals surface area contributed by atoms with Crippen LogP contribution in [0.5, 0.6) is 0 Å². The minimum atomic E-state index is -1.57. The smallest absolute Gasteiger partial charge is 0.305 e. The van der Waals surface area contributed by atoms with E-state index in [-0.39, 0.29) is 50.5 Å². The number of hydrogen-bond donors (Lipinski definition) is 12. The first kappa shape index (κ1) is 55.0. The fraction of sp³-hybridized carbons (Fsp3) is 0.478. The van der Waals surface area contributed by atoms with Crippen molar-refractivity contribution in [3.05, 3.63) is 71.9 Å². The van der Waals surface area contributed by atoms with Gasteiger partial charge in [-0.05, 0) is 61.1 Å². The van der Waals surface area contributed by atoms with Gasteiger partial charge in [0.2, 0.25) is 35.4 Å². The highest BCUT2D eigenvalue weighted by atomic mass is 16.4. The number of nitrogens with two attached hydrogens (primary N) is 3. The SMILES string of the molecule is CC(C)C[C@H](NC(=O)[C@H](CCC(=O)O)NC(=O)[C@@H](N)CC(=O)O)C(=O)N[C@@H](CCCN=C(N)N)C(=O)N[C@@H](Cc1c[nH]c2ccccc12)C(=O)N[C@H](C(=O)N[C@H](C=O)Cc1ccccc1)C(C)C. The molecule has 68 heavy (non-hydrogen) atoms. The summed E-state index contributed by atoms with van der Waals surface area (Å²) in [4.78, 5) is 125. The van der Waals surface area contributed by atoms with Gasteiger partial charge in [0.1, 0.15) is 36.5 Å². The summed E-state index contributed by atoms with van der Waals surface area (Å²) in [6.07, 6.45) is 0.670. The summed E-state index contributed by atoms with van der Waals surface area (Å²) in [7, 11) is 0. The van der Waals surface area contributed by atoms with Gasteiger partial charge >= 0.3 is 11.9 Å². The largest absolute Gasteiger partial charge is 0.481 e. The topological polar surface area (TPSA) is 372 Å². The second kappa shape index (κ2) is 27.3.